The maximum absolute atomic E-state index is 15.0. The van der Waals surface area contributed by atoms with E-state index in [-0.39, 0.29) is 41.9 Å². The van der Waals surface area contributed by atoms with E-state index in [4.69, 9.17) is 14.2 Å². The molecule has 4 rings (SSSR count). The van der Waals surface area contributed by atoms with Gasteiger partial charge in [-0.2, -0.15) is 13.2 Å². The van der Waals surface area contributed by atoms with E-state index in [1.165, 1.54) is 37.4 Å². The maximum Gasteiger partial charge on any atom is 0.204 e. The molecule has 0 saturated heterocycles. The van der Waals surface area contributed by atoms with Gasteiger partial charge in [0, 0.05) is 16.7 Å². The van der Waals surface area contributed by atoms with Gasteiger partial charge in [0.1, 0.15) is 0 Å². The van der Waals surface area contributed by atoms with Crippen molar-refractivity contribution in [2.75, 3.05) is 20.3 Å². The van der Waals surface area contributed by atoms with Crippen LogP contribution in [0.4, 0.5) is 26.3 Å². The lowest BCUT2D eigenvalue weighted by Gasteiger charge is -2.23. The topological polar surface area (TPSA) is 27.7 Å². The summed E-state index contributed by atoms with van der Waals surface area (Å²) in [7, 11) is 1.23. The fourth-order valence-electron chi connectivity index (χ4n) is 4.29. The number of rotatable bonds is 8. The standard InChI is InChI=1S/C28H24F6O3/c1-3-36-21-11-10-19(25(31)27(21)33)18-9-8-17(23(29)24(18)30)16-6-4-15(5-7-16)14-37-22-13-12-20(35-2)26(32)28(22)34/h6,8-13,15H,3-5,7,14H2,1-2H3. The van der Waals surface area contributed by atoms with Crippen molar-refractivity contribution in [2.24, 2.45) is 5.92 Å². The van der Waals surface area contributed by atoms with Gasteiger partial charge in [-0.3, -0.25) is 0 Å². The first-order valence-electron chi connectivity index (χ1n) is 11.7. The first kappa shape index (κ1) is 26.4. The fourth-order valence-corrected chi connectivity index (χ4v) is 4.29. The van der Waals surface area contributed by atoms with Crippen molar-refractivity contribution in [2.45, 2.75) is 26.2 Å². The molecule has 1 aliphatic rings. The zero-order valence-corrected chi connectivity index (χ0v) is 20.1. The summed E-state index contributed by atoms with van der Waals surface area (Å²) < 4.78 is 102. The van der Waals surface area contributed by atoms with Gasteiger partial charge in [0.15, 0.2) is 34.7 Å². The number of halogens is 6. The van der Waals surface area contributed by atoms with Crippen molar-refractivity contribution in [3.63, 3.8) is 0 Å². The summed E-state index contributed by atoms with van der Waals surface area (Å²) in [5.41, 5.74) is -0.243. The van der Waals surface area contributed by atoms with Crippen LogP contribution in [0.1, 0.15) is 31.7 Å². The average molecular weight is 522 g/mol. The van der Waals surface area contributed by atoms with Crippen molar-refractivity contribution in [1.29, 1.82) is 0 Å². The maximum atomic E-state index is 15.0. The molecule has 0 radical (unpaired) electrons. The van der Waals surface area contributed by atoms with E-state index >= 15 is 4.39 Å². The Kier molecular flexibility index (Phi) is 8.00. The summed E-state index contributed by atoms with van der Waals surface area (Å²) in [5, 5.41) is 0. The zero-order chi connectivity index (χ0) is 26.7. The predicted molar refractivity (Wildman–Crippen MR) is 127 cm³/mol. The smallest absolute Gasteiger partial charge is 0.204 e. The molecule has 0 fully saturated rings. The van der Waals surface area contributed by atoms with Gasteiger partial charge in [-0.05, 0) is 61.9 Å². The minimum Gasteiger partial charge on any atom is -0.494 e. The quantitative estimate of drug-likeness (QED) is 0.282. The Labute approximate surface area is 210 Å². The van der Waals surface area contributed by atoms with Crippen molar-refractivity contribution >= 4 is 5.57 Å². The summed E-state index contributed by atoms with van der Waals surface area (Å²) >= 11 is 0. The normalized spacial score (nSPS) is 15.4. The Hall–Kier alpha value is -3.62. The molecule has 0 heterocycles. The molecule has 0 saturated carbocycles. The number of methoxy groups -OCH3 is 1. The summed E-state index contributed by atoms with van der Waals surface area (Å²) in [5.74, 6) is -8.18. The lowest BCUT2D eigenvalue weighted by molar-refractivity contribution is 0.227. The van der Waals surface area contributed by atoms with Crippen molar-refractivity contribution < 1.29 is 40.6 Å². The third kappa shape index (κ3) is 5.26. The molecule has 3 aromatic carbocycles. The number of hydrogen-bond acceptors (Lipinski definition) is 3. The molecule has 1 atom stereocenters. The van der Waals surface area contributed by atoms with Crippen molar-refractivity contribution in [1.82, 2.24) is 0 Å². The molecule has 0 aliphatic heterocycles. The second-order valence-corrected chi connectivity index (χ2v) is 8.54. The van der Waals surface area contributed by atoms with Gasteiger partial charge >= 0.3 is 0 Å². The van der Waals surface area contributed by atoms with Gasteiger partial charge in [0.25, 0.3) is 0 Å². The minimum absolute atomic E-state index is 0.0238. The van der Waals surface area contributed by atoms with Crippen LogP contribution in [-0.2, 0) is 0 Å². The van der Waals surface area contributed by atoms with E-state index < -0.39 is 46.0 Å². The van der Waals surface area contributed by atoms with Crippen LogP contribution in [0.3, 0.4) is 0 Å². The lowest BCUT2D eigenvalue weighted by atomic mass is 9.86. The highest BCUT2D eigenvalue weighted by Gasteiger charge is 2.24. The Morgan fingerprint density at radius 3 is 1.84 bits per heavy atom. The second-order valence-electron chi connectivity index (χ2n) is 8.54. The van der Waals surface area contributed by atoms with E-state index in [2.05, 4.69) is 0 Å². The molecule has 0 aromatic heterocycles. The molecule has 1 aliphatic carbocycles. The van der Waals surface area contributed by atoms with Crippen LogP contribution in [-0.4, -0.2) is 20.3 Å². The van der Waals surface area contributed by atoms with Gasteiger partial charge in [0.05, 0.1) is 20.3 Å². The largest absolute Gasteiger partial charge is 0.494 e. The summed E-state index contributed by atoms with van der Waals surface area (Å²) in [6.45, 7) is 1.83. The van der Waals surface area contributed by atoms with Gasteiger partial charge < -0.3 is 14.2 Å². The van der Waals surface area contributed by atoms with Crippen LogP contribution in [0.2, 0.25) is 0 Å². The molecule has 9 heteroatoms. The van der Waals surface area contributed by atoms with Gasteiger partial charge in [-0.25, -0.2) is 13.2 Å². The molecular formula is C28H24F6O3. The molecule has 0 bridgehead atoms. The third-order valence-corrected chi connectivity index (χ3v) is 6.29. The molecule has 0 amide bonds. The third-order valence-electron chi connectivity index (χ3n) is 6.29. The number of benzene rings is 3. The van der Waals surface area contributed by atoms with Crippen LogP contribution in [0.5, 0.6) is 17.2 Å². The average Bonchev–Trinajstić information content (AvgIpc) is 2.90. The molecule has 3 nitrogen and oxygen atoms in total. The van der Waals surface area contributed by atoms with Crippen LogP contribution < -0.4 is 14.2 Å². The van der Waals surface area contributed by atoms with E-state index in [1.54, 1.807) is 13.0 Å². The fraction of sp³-hybridized carbons (Fsp3) is 0.286. The summed E-state index contributed by atoms with van der Waals surface area (Å²) in [6.07, 6.45) is 3.09. The minimum atomic E-state index is -1.33. The Balaban J connectivity index is 1.48. The van der Waals surface area contributed by atoms with Crippen LogP contribution >= 0.6 is 0 Å². The highest BCUT2D eigenvalue weighted by atomic mass is 19.2. The SMILES string of the molecule is CCOc1ccc(-c2ccc(C3=CCC(COc4ccc(OC)c(F)c4F)CC3)c(F)c2F)c(F)c1F. The van der Waals surface area contributed by atoms with E-state index in [0.29, 0.717) is 24.8 Å². The highest BCUT2D eigenvalue weighted by molar-refractivity contribution is 5.72. The second kappa shape index (κ2) is 11.2. The molecule has 1 unspecified atom stereocenters. The predicted octanol–water partition coefficient (Wildman–Crippen LogP) is 7.86. The molecule has 0 spiro atoms. The van der Waals surface area contributed by atoms with Gasteiger partial charge in [-0.15, -0.1) is 0 Å². The molecule has 37 heavy (non-hydrogen) atoms. The van der Waals surface area contributed by atoms with Crippen LogP contribution in [0.15, 0.2) is 42.5 Å². The van der Waals surface area contributed by atoms with E-state index in [1.807, 2.05) is 0 Å². The number of ether oxygens (including phenoxy) is 3. The Bertz CT molecular complexity index is 1340. The molecule has 0 N–H and O–H groups in total. The Morgan fingerprint density at radius 1 is 0.676 bits per heavy atom. The van der Waals surface area contributed by atoms with Crippen LogP contribution in [0.25, 0.3) is 16.7 Å². The number of hydrogen-bond donors (Lipinski definition) is 0. The molecule has 3 aromatic rings. The summed E-state index contributed by atoms with van der Waals surface area (Å²) in [6, 6.07) is 7.40. The van der Waals surface area contributed by atoms with Crippen molar-refractivity contribution in [3.8, 4) is 28.4 Å². The zero-order valence-electron chi connectivity index (χ0n) is 20.1. The van der Waals surface area contributed by atoms with Gasteiger partial charge in [0.2, 0.25) is 17.5 Å². The summed E-state index contributed by atoms with van der Waals surface area (Å²) in [4.78, 5) is 0. The van der Waals surface area contributed by atoms with Crippen LogP contribution in [0, 0.1) is 40.8 Å². The van der Waals surface area contributed by atoms with E-state index in [0.717, 1.165) is 6.07 Å². The Morgan fingerprint density at radius 2 is 1.19 bits per heavy atom. The van der Waals surface area contributed by atoms with E-state index in [9.17, 15) is 22.0 Å². The first-order valence-corrected chi connectivity index (χ1v) is 11.7. The molecular weight excluding hydrogens is 498 g/mol. The van der Waals surface area contributed by atoms with Crippen molar-refractivity contribution in [3.05, 3.63) is 82.9 Å². The highest BCUT2D eigenvalue weighted by Crippen LogP contribution is 2.37. The molecule has 196 valence electrons. The van der Waals surface area contributed by atoms with Gasteiger partial charge in [-0.1, -0.05) is 18.2 Å². The number of allylic oxidation sites excluding steroid dienone is 2. The lowest BCUT2D eigenvalue weighted by Crippen LogP contribution is -2.15. The monoisotopic (exact) mass is 522 g/mol. The first-order chi connectivity index (χ1) is 17.8.